The highest BCUT2D eigenvalue weighted by atomic mass is 32.1. The highest BCUT2D eigenvalue weighted by Gasteiger charge is 2.15. The molecule has 3 aromatic rings. The van der Waals surface area contributed by atoms with Crippen molar-refractivity contribution < 1.29 is 9.32 Å². The predicted molar refractivity (Wildman–Crippen MR) is 88.4 cm³/mol. The van der Waals surface area contributed by atoms with Crippen LogP contribution in [0.25, 0.3) is 10.1 Å². The molecule has 0 bridgehead atoms. The number of aromatic nitrogens is 2. The van der Waals surface area contributed by atoms with Crippen LogP contribution < -0.4 is 5.56 Å². The van der Waals surface area contributed by atoms with Gasteiger partial charge in [0.05, 0.1) is 22.3 Å². The molecule has 0 atom stereocenters. The average molecular weight is 331 g/mol. The third-order valence-electron chi connectivity index (χ3n) is 3.62. The number of hydrogen-bond acceptors (Lipinski definition) is 5. The first-order valence-electron chi connectivity index (χ1n) is 7.35. The molecule has 3 rings (SSSR count). The summed E-state index contributed by atoms with van der Waals surface area (Å²) >= 11 is 1.30. The van der Waals surface area contributed by atoms with Gasteiger partial charge in [-0.15, -0.1) is 0 Å². The first-order chi connectivity index (χ1) is 11.1. The Morgan fingerprint density at radius 2 is 2.17 bits per heavy atom. The SMILES string of the molecule is CCc1cc(CN(C)C(=O)Cn2sc3ccccc3c2=O)on1. The number of fused-ring (bicyclic) bond motifs is 1. The van der Waals surface area contributed by atoms with Crippen LogP contribution in [0.15, 0.2) is 39.6 Å². The van der Waals surface area contributed by atoms with Crippen molar-refractivity contribution in [3.05, 3.63) is 52.1 Å². The topological polar surface area (TPSA) is 68.3 Å². The highest BCUT2D eigenvalue weighted by Crippen LogP contribution is 2.16. The molecule has 0 unspecified atom stereocenters. The minimum absolute atomic E-state index is 0.0312. The van der Waals surface area contributed by atoms with E-state index in [9.17, 15) is 9.59 Å². The normalized spacial score (nSPS) is 11.0. The zero-order chi connectivity index (χ0) is 16.4. The second-order valence-electron chi connectivity index (χ2n) is 5.32. The van der Waals surface area contributed by atoms with Gasteiger partial charge in [-0.2, -0.15) is 0 Å². The summed E-state index contributed by atoms with van der Waals surface area (Å²) in [6.45, 7) is 2.36. The summed E-state index contributed by atoms with van der Waals surface area (Å²) in [5.74, 6) is 0.495. The third kappa shape index (κ3) is 3.19. The Balaban J connectivity index is 1.72. The smallest absolute Gasteiger partial charge is 0.268 e. The van der Waals surface area contributed by atoms with E-state index < -0.39 is 0 Å². The van der Waals surface area contributed by atoms with Gasteiger partial charge in [0.25, 0.3) is 5.56 Å². The maximum absolute atomic E-state index is 12.3. The summed E-state index contributed by atoms with van der Waals surface area (Å²) in [6, 6.07) is 9.21. The Hall–Kier alpha value is -2.41. The van der Waals surface area contributed by atoms with Gasteiger partial charge >= 0.3 is 0 Å². The van der Waals surface area contributed by atoms with Crippen LogP contribution in [0.1, 0.15) is 18.4 Å². The van der Waals surface area contributed by atoms with E-state index in [2.05, 4.69) is 5.16 Å². The summed E-state index contributed by atoms with van der Waals surface area (Å²) in [6.07, 6.45) is 0.790. The van der Waals surface area contributed by atoms with Crippen molar-refractivity contribution in [2.45, 2.75) is 26.4 Å². The fourth-order valence-electron chi connectivity index (χ4n) is 2.28. The molecule has 23 heavy (non-hydrogen) atoms. The van der Waals surface area contributed by atoms with Gasteiger partial charge in [0.1, 0.15) is 6.54 Å². The van der Waals surface area contributed by atoms with Gasteiger partial charge in [-0.1, -0.05) is 35.7 Å². The molecule has 0 aliphatic carbocycles. The standard InChI is InChI=1S/C16H17N3O3S/c1-3-11-8-12(22-17-11)9-18(2)15(20)10-19-16(21)13-6-4-5-7-14(13)23-19/h4-8H,3,9-10H2,1-2H3. The van der Waals surface area contributed by atoms with Crippen LogP contribution in [0, 0.1) is 0 Å². The fraction of sp³-hybridized carbons (Fsp3) is 0.312. The molecule has 0 saturated carbocycles. The number of hydrogen-bond donors (Lipinski definition) is 0. The molecule has 7 heteroatoms. The van der Waals surface area contributed by atoms with Crippen LogP contribution in [0.3, 0.4) is 0 Å². The molecule has 1 amide bonds. The maximum Gasteiger partial charge on any atom is 0.268 e. The lowest BCUT2D eigenvalue weighted by Crippen LogP contribution is -2.31. The molecule has 2 heterocycles. The maximum atomic E-state index is 12.3. The van der Waals surface area contributed by atoms with Crippen LogP contribution in [-0.4, -0.2) is 27.0 Å². The summed E-state index contributed by atoms with van der Waals surface area (Å²) in [7, 11) is 1.69. The Bertz CT molecular complexity index is 893. The predicted octanol–water partition coefficient (Wildman–Crippen LogP) is 2.27. The molecular formula is C16H17N3O3S. The van der Waals surface area contributed by atoms with Gasteiger partial charge < -0.3 is 9.42 Å². The molecule has 2 aromatic heterocycles. The summed E-state index contributed by atoms with van der Waals surface area (Å²) < 4.78 is 7.56. The summed E-state index contributed by atoms with van der Waals surface area (Å²) in [4.78, 5) is 26.1. The Morgan fingerprint density at radius 3 is 2.87 bits per heavy atom. The van der Waals surface area contributed by atoms with Crippen molar-refractivity contribution in [1.29, 1.82) is 0 Å². The average Bonchev–Trinajstić information content (AvgIpc) is 3.13. The number of benzene rings is 1. The molecule has 6 nitrogen and oxygen atoms in total. The molecule has 0 aliphatic rings. The Morgan fingerprint density at radius 1 is 1.39 bits per heavy atom. The largest absolute Gasteiger partial charge is 0.359 e. The number of aryl methyl sites for hydroxylation is 1. The van der Waals surface area contributed by atoms with Crippen LogP contribution in [0.5, 0.6) is 0 Å². The number of carbonyl (C=O) groups excluding carboxylic acids is 1. The lowest BCUT2D eigenvalue weighted by atomic mass is 10.3. The van der Waals surface area contributed by atoms with E-state index in [-0.39, 0.29) is 18.0 Å². The van der Waals surface area contributed by atoms with E-state index in [0.717, 1.165) is 16.8 Å². The van der Waals surface area contributed by atoms with Crippen molar-refractivity contribution in [2.24, 2.45) is 0 Å². The van der Waals surface area contributed by atoms with Gasteiger partial charge in [0.2, 0.25) is 5.91 Å². The number of amides is 1. The molecule has 0 radical (unpaired) electrons. The van der Waals surface area contributed by atoms with Crippen molar-refractivity contribution in [2.75, 3.05) is 7.05 Å². The van der Waals surface area contributed by atoms with Crippen LogP contribution in [0.2, 0.25) is 0 Å². The van der Waals surface area contributed by atoms with E-state index in [1.54, 1.807) is 13.1 Å². The van der Waals surface area contributed by atoms with Crippen molar-refractivity contribution in [1.82, 2.24) is 14.0 Å². The molecule has 120 valence electrons. The van der Waals surface area contributed by atoms with Gasteiger partial charge in [0, 0.05) is 13.1 Å². The summed E-state index contributed by atoms with van der Waals surface area (Å²) in [5.41, 5.74) is 0.738. The minimum atomic E-state index is -0.145. The number of carbonyl (C=O) groups is 1. The molecule has 0 saturated heterocycles. The van der Waals surface area contributed by atoms with Crippen molar-refractivity contribution >= 4 is 27.5 Å². The van der Waals surface area contributed by atoms with Crippen molar-refractivity contribution in [3.63, 3.8) is 0 Å². The second kappa shape index (κ2) is 6.37. The second-order valence-corrected chi connectivity index (χ2v) is 6.38. The monoisotopic (exact) mass is 331 g/mol. The third-order valence-corrected chi connectivity index (χ3v) is 4.69. The van der Waals surface area contributed by atoms with Gasteiger partial charge in [-0.25, -0.2) is 0 Å². The molecule has 1 aromatic carbocycles. The molecule has 0 N–H and O–H groups in total. The zero-order valence-electron chi connectivity index (χ0n) is 13.0. The van der Waals surface area contributed by atoms with Gasteiger partial charge in [-0.3, -0.25) is 13.5 Å². The number of rotatable bonds is 5. The van der Waals surface area contributed by atoms with E-state index in [1.165, 1.54) is 20.4 Å². The van der Waals surface area contributed by atoms with Crippen LogP contribution in [0.4, 0.5) is 0 Å². The van der Waals surface area contributed by atoms with Crippen molar-refractivity contribution in [3.8, 4) is 0 Å². The quantitative estimate of drug-likeness (QED) is 0.719. The van der Waals surface area contributed by atoms with Crippen LogP contribution >= 0.6 is 11.5 Å². The Kier molecular flexibility index (Phi) is 4.29. The highest BCUT2D eigenvalue weighted by molar-refractivity contribution is 7.13. The van der Waals surface area contributed by atoms with E-state index in [0.29, 0.717) is 17.7 Å². The van der Waals surface area contributed by atoms with E-state index in [4.69, 9.17) is 4.52 Å². The molecular weight excluding hydrogens is 314 g/mol. The van der Waals surface area contributed by atoms with E-state index in [1.807, 2.05) is 31.2 Å². The first kappa shape index (κ1) is 15.5. The number of nitrogens with zero attached hydrogens (tertiary/aromatic N) is 3. The lowest BCUT2D eigenvalue weighted by molar-refractivity contribution is -0.131. The Labute approximate surface area is 137 Å². The lowest BCUT2D eigenvalue weighted by Gasteiger charge is -2.14. The molecule has 0 fully saturated rings. The van der Waals surface area contributed by atoms with Crippen LogP contribution in [-0.2, 0) is 24.3 Å². The number of likely N-dealkylation sites (N-methyl/N-ethyl adjacent to an activating group) is 1. The van der Waals surface area contributed by atoms with Gasteiger partial charge in [-0.05, 0) is 18.6 Å². The summed E-state index contributed by atoms with van der Waals surface area (Å²) in [5, 5.41) is 4.56. The minimum Gasteiger partial charge on any atom is -0.359 e. The van der Waals surface area contributed by atoms with Gasteiger partial charge in [0.15, 0.2) is 5.76 Å². The zero-order valence-corrected chi connectivity index (χ0v) is 13.8. The van der Waals surface area contributed by atoms with E-state index >= 15 is 0 Å². The first-order valence-corrected chi connectivity index (χ1v) is 8.13. The fourth-order valence-corrected chi connectivity index (χ4v) is 3.27. The molecule has 0 spiro atoms. The molecule has 0 aliphatic heterocycles.